The highest BCUT2D eigenvalue weighted by molar-refractivity contribution is 6.28. The highest BCUT2D eigenvalue weighted by Gasteiger charge is 2.30. The fourth-order valence-corrected chi connectivity index (χ4v) is 2.00. The molecule has 1 saturated carbocycles. The van der Waals surface area contributed by atoms with Gasteiger partial charge in [-0.15, -0.1) is 10.2 Å². The predicted octanol–water partition coefficient (Wildman–Crippen LogP) is 2.50. The van der Waals surface area contributed by atoms with Crippen LogP contribution in [0.4, 0.5) is 0 Å². The molecule has 1 fully saturated rings. The number of aromatic nitrogens is 4. The third kappa shape index (κ3) is 1.59. The summed E-state index contributed by atoms with van der Waals surface area (Å²) in [6.07, 6.45) is 5.95. The lowest BCUT2D eigenvalue weighted by Crippen LogP contribution is -2.01. The molecule has 5 heteroatoms. The zero-order valence-corrected chi connectivity index (χ0v) is 9.65. The fraction of sp³-hybridized carbons (Fsp3) is 0.364. The standard InChI is InChI=1S/C11H11ClN4/c1-7-4-9(6-13-5-7)16-10(8-2-3-8)14-15-11(16)12/h4-6,8H,2-3H2,1H3. The molecular formula is C11H11ClN4. The normalized spacial score (nSPS) is 15.4. The Bertz CT molecular complexity index is 531. The molecule has 4 nitrogen and oxygen atoms in total. The second-order valence-electron chi connectivity index (χ2n) is 4.16. The average Bonchev–Trinajstić information content (AvgIpc) is 3.02. The van der Waals surface area contributed by atoms with E-state index in [2.05, 4.69) is 15.2 Å². The third-order valence-electron chi connectivity index (χ3n) is 2.71. The summed E-state index contributed by atoms with van der Waals surface area (Å²) in [5.74, 6) is 1.47. The van der Waals surface area contributed by atoms with Crippen LogP contribution in [-0.4, -0.2) is 19.7 Å². The molecule has 16 heavy (non-hydrogen) atoms. The van der Waals surface area contributed by atoms with Gasteiger partial charge in [-0.2, -0.15) is 0 Å². The van der Waals surface area contributed by atoms with Crippen molar-refractivity contribution in [2.45, 2.75) is 25.7 Å². The minimum atomic E-state index is 0.411. The first-order valence-electron chi connectivity index (χ1n) is 5.28. The van der Waals surface area contributed by atoms with Crippen molar-refractivity contribution in [3.8, 4) is 5.69 Å². The molecule has 1 aliphatic rings. The Morgan fingerprint density at radius 1 is 1.31 bits per heavy atom. The van der Waals surface area contributed by atoms with Gasteiger partial charge in [0.1, 0.15) is 5.82 Å². The molecule has 2 heterocycles. The van der Waals surface area contributed by atoms with Gasteiger partial charge in [0.05, 0.1) is 11.9 Å². The van der Waals surface area contributed by atoms with Gasteiger partial charge < -0.3 is 0 Å². The molecule has 2 aromatic rings. The number of hydrogen-bond donors (Lipinski definition) is 0. The minimum Gasteiger partial charge on any atom is -0.268 e. The van der Waals surface area contributed by atoms with Gasteiger partial charge in [-0.25, -0.2) is 0 Å². The first-order valence-corrected chi connectivity index (χ1v) is 5.66. The maximum absolute atomic E-state index is 6.07. The summed E-state index contributed by atoms with van der Waals surface area (Å²) in [6, 6.07) is 2.04. The molecule has 3 rings (SSSR count). The van der Waals surface area contributed by atoms with Gasteiger partial charge in [0.15, 0.2) is 0 Å². The van der Waals surface area contributed by atoms with Gasteiger partial charge in [0, 0.05) is 12.1 Å². The summed E-state index contributed by atoms with van der Waals surface area (Å²) in [4.78, 5) is 4.17. The molecule has 2 aromatic heterocycles. The van der Waals surface area contributed by atoms with E-state index in [1.807, 2.05) is 23.8 Å². The van der Waals surface area contributed by atoms with Crippen LogP contribution in [0.15, 0.2) is 18.5 Å². The second-order valence-corrected chi connectivity index (χ2v) is 4.50. The van der Waals surface area contributed by atoms with E-state index in [0.717, 1.165) is 17.1 Å². The van der Waals surface area contributed by atoms with Crippen molar-refractivity contribution < 1.29 is 0 Å². The molecule has 1 aliphatic carbocycles. The summed E-state index contributed by atoms with van der Waals surface area (Å²) in [6.45, 7) is 2.01. The van der Waals surface area contributed by atoms with Gasteiger partial charge in [0.25, 0.3) is 0 Å². The van der Waals surface area contributed by atoms with Crippen molar-refractivity contribution in [2.75, 3.05) is 0 Å². The van der Waals surface area contributed by atoms with E-state index in [0.29, 0.717) is 11.2 Å². The van der Waals surface area contributed by atoms with E-state index < -0.39 is 0 Å². The van der Waals surface area contributed by atoms with Crippen LogP contribution in [0.3, 0.4) is 0 Å². The predicted molar refractivity (Wildman–Crippen MR) is 60.9 cm³/mol. The summed E-state index contributed by atoms with van der Waals surface area (Å²) in [5, 5.41) is 8.48. The molecule has 0 N–H and O–H groups in total. The number of hydrogen-bond acceptors (Lipinski definition) is 3. The van der Waals surface area contributed by atoms with Gasteiger partial charge in [-0.3, -0.25) is 9.55 Å². The first-order chi connectivity index (χ1) is 7.75. The summed E-state index contributed by atoms with van der Waals surface area (Å²) in [7, 11) is 0. The second kappa shape index (κ2) is 3.56. The number of pyridine rings is 1. The van der Waals surface area contributed by atoms with Crippen LogP contribution in [0.25, 0.3) is 5.69 Å². The molecule has 0 saturated heterocycles. The third-order valence-corrected chi connectivity index (χ3v) is 2.95. The molecule has 0 radical (unpaired) electrons. The molecule has 0 unspecified atom stereocenters. The van der Waals surface area contributed by atoms with Crippen LogP contribution in [0.5, 0.6) is 0 Å². The van der Waals surface area contributed by atoms with E-state index in [9.17, 15) is 0 Å². The Morgan fingerprint density at radius 2 is 2.12 bits per heavy atom. The molecule has 82 valence electrons. The minimum absolute atomic E-state index is 0.411. The van der Waals surface area contributed by atoms with Gasteiger partial charge in [-0.1, -0.05) is 0 Å². The zero-order chi connectivity index (χ0) is 11.1. The number of aryl methyl sites for hydroxylation is 1. The monoisotopic (exact) mass is 234 g/mol. The van der Waals surface area contributed by atoms with Gasteiger partial charge in [0.2, 0.25) is 5.28 Å². The first kappa shape index (κ1) is 9.78. The molecule has 0 spiro atoms. The quantitative estimate of drug-likeness (QED) is 0.802. The van der Waals surface area contributed by atoms with Crippen molar-refractivity contribution in [3.05, 3.63) is 35.1 Å². The van der Waals surface area contributed by atoms with Crippen molar-refractivity contribution in [1.29, 1.82) is 0 Å². The van der Waals surface area contributed by atoms with Crippen LogP contribution >= 0.6 is 11.6 Å². The average molecular weight is 235 g/mol. The Labute approximate surface area is 98.3 Å². The van der Waals surface area contributed by atoms with Gasteiger partial charge >= 0.3 is 0 Å². The Hall–Kier alpha value is -1.42. The maximum atomic E-state index is 6.07. The van der Waals surface area contributed by atoms with Crippen molar-refractivity contribution in [2.24, 2.45) is 0 Å². The highest BCUT2D eigenvalue weighted by atomic mass is 35.5. The van der Waals surface area contributed by atoms with Crippen molar-refractivity contribution >= 4 is 11.6 Å². The summed E-state index contributed by atoms with van der Waals surface area (Å²) >= 11 is 6.07. The number of nitrogens with zero attached hydrogens (tertiary/aromatic N) is 4. The molecular weight excluding hydrogens is 224 g/mol. The molecule has 0 amide bonds. The van der Waals surface area contributed by atoms with E-state index in [-0.39, 0.29) is 0 Å². The molecule has 0 bridgehead atoms. The van der Waals surface area contributed by atoms with Crippen LogP contribution < -0.4 is 0 Å². The molecule has 0 aliphatic heterocycles. The molecule has 0 aromatic carbocycles. The molecule has 0 atom stereocenters. The SMILES string of the molecule is Cc1cncc(-n2c(Cl)nnc2C2CC2)c1. The van der Waals surface area contributed by atoms with Crippen LogP contribution in [0.1, 0.15) is 30.1 Å². The smallest absolute Gasteiger partial charge is 0.229 e. The van der Waals surface area contributed by atoms with Crippen LogP contribution in [0.2, 0.25) is 5.28 Å². The zero-order valence-electron chi connectivity index (χ0n) is 8.89. The fourth-order valence-electron chi connectivity index (χ4n) is 1.78. The Balaban J connectivity index is 2.14. The lowest BCUT2D eigenvalue weighted by atomic mass is 10.3. The summed E-state index contributed by atoms with van der Waals surface area (Å²) in [5.41, 5.74) is 2.04. The number of halogens is 1. The lowest BCUT2D eigenvalue weighted by Gasteiger charge is -2.06. The Morgan fingerprint density at radius 3 is 2.81 bits per heavy atom. The Kier molecular flexibility index (Phi) is 2.17. The lowest BCUT2D eigenvalue weighted by molar-refractivity contribution is 0.867. The topological polar surface area (TPSA) is 43.6 Å². The van der Waals surface area contributed by atoms with E-state index >= 15 is 0 Å². The highest BCUT2D eigenvalue weighted by Crippen LogP contribution is 2.40. The number of rotatable bonds is 2. The maximum Gasteiger partial charge on any atom is 0.229 e. The van der Waals surface area contributed by atoms with E-state index in [4.69, 9.17) is 11.6 Å². The van der Waals surface area contributed by atoms with Crippen LogP contribution in [0, 0.1) is 6.92 Å². The van der Waals surface area contributed by atoms with E-state index in [1.54, 1.807) is 6.20 Å². The van der Waals surface area contributed by atoms with Gasteiger partial charge in [-0.05, 0) is 43.0 Å². The van der Waals surface area contributed by atoms with Crippen molar-refractivity contribution in [3.63, 3.8) is 0 Å². The van der Waals surface area contributed by atoms with Crippen molar-refractivity contribution in [1.82, 2.24) is 19.7 Å². The van der Waals surface area contributed by atoms with Crippen LogP contribution in [-0.2, 0) is 0 Å². The van der Waals surface area contributed by atoms with E-state index in [1.165, 1.54) is 12.8 Å². The summed E-state index contributed by atoms with van der Waals surface area (Å²) < 4.78 is 1.89. The largest absolute Gasteiger partial charge is 0.268 e.